The molecular weight excluding hydrogens is 276 g/mol. The van der Waals surface area contributed by atoms with Crippen molar-refractivity contribution >= 4 is 32.4 Å². The second-order valence-electron chi connectivity index (χ2n) is 3.71. The van der Waals surface area contributed by atoms with E-state index in [-0.39, 0.29) is 21.4 Å². The summed E-state index contributed by atoms with van der Waals surface area (Å²) in [5, 5.41) is 9.84. The van der Waals surface area contributed by atoms with Crippen LogP contribution in [0.2, 0.25) is 0 Å². The molecule has 0 aromatic carbocycles. The van der Waals surface area contributed by atoms with Crippen LogP contribution in [0.4, 0.5) is 5.13 Å². The summed E-state index contributed by atoms with van der Waals surface area (Å²) in [5.74, 6) is -0.231. The number of rotatable bonds is 6. The smallest absolute Gasteiger partial charge is 0.270 e. The van der Waals surface area contributed by atoms with Crippen molar-refractivity contribution < 1.29 is 13.2 Å². The van der Waals surface area contributed by atoms with Crippen molar-refractivity contribution in [2.24, 2.45) is 0 Å². The third-order valence-corrected chi connectivity index (χ3v) is 4.97. The molecule has 0 spiro atoms. The maximum absolute atomic E-state index is 11.9. The predicted octanol–water partition coefficient (Wildman–Crippen LogP) is 0.963. The van der Waals surface area contributed by atoms with E-state index in [0.29, 0.717) is 12.8 Å². The topological polar surface area (TPSA) is 101 Å². The molecule has 2 N–H and O–H groups in total. The predicted molar refractivity (Wildman–Crippen MR) is 68.9 cm³/mol. The van der Waals surface area contributed by atoms with Gasteiger partial charge < -0.3 is 5.32 Å². The number of carbonyl (C=O) groups excluding carboxylic acids is 1. The van der Waals surface area contributed by atoms with Crippen LogP contribution in [0.5, 0.6) is 0 Å². The summed E-state index contributed by atoms with van der Waals surface area (Å²) in [5.41, 5.74) is 0. The van der Waals surface area contributed by atoms with E-state index < -0.39 is 10.0 Å². The van der Waals surface area contributed by atoms with Crippen LogP contribution in [0.1, 0.15) is 33.6 Å². The summed E-state index contributed by atoms with van der Waals surface area (Å²) in [6, 6.07) is -0.174. The van der Waals surface area contributed by atoms with Gasteiger partial charge in [0.1, 0.15) is 0 Å². The highest BCUT2D eigenvalue weighted by Gasteiger charge is 2.22. The van der Waals surface area contributed by atoms with Gasteiger partial charge in [-0.25, -0.2) is 13.1 Å². The molecule has 0 unspecified atom stereocenters. The Kier molecular flexibility index (Phi) is 5.17. The van der Waals surface area contributed by atoms with Gasteiger partial charge in [0.25, 0.3) is 10.0 Å². The van der Waals surface area contributed by atoms with Gasteiger partial charge in [0, 0.05) is 12.5 Å². The van der Waals surface area contributed by atoms with Gasteiger partial charge in [-0.3, -0.25) is 4.79 Å². The molecule has 1 atom stereocenters. The average molecular weight is 292 g/mol. The Morgan fingerprint density at radius 2 is 2.06 bits per heavy atom. The summed E-state index contributed by atoms with van der Waals surface area (Å²) in [6.45, 7) is 5.33. The first-order valence-electron chi connectivity index (χ1n) is 5.54. The number of hydrogen-bond donors (Lipinski definition) is 2. The molecule has 0 saturated carbocycles. The van der Waals surface area contributed by atoms with Crippen molar-refractivity contribution in [1.29, 1.82) is 0 Å². The molecule has 1 rings (SSSR count). The Hall–Kier alpha value is -1.06. The van der Waals surface area contributed by atoms with Crippen molar-refractivity contribution in [3.05, 3.63) is 0 Å². The molecule has 7 nitrogen and oxygen atoms in total. The molecule has 9 heteroatoms. The molecule has 1 aromatic heterocycles. The number of sulfonamides is 1. The van der Waals surface area contributed by atoms with Gasteiger partial charge in [-0.05, 0) is 13.3 Å². The van der Waals surface area contributed by atoms with Crippen LogP contribution in [0.15, 0.2) is 4.34 Å². The highest BCUT2D eigenvalue weighted by molar-refractivity contribution is 7.91. The van der Waals surface area contributed by atoms with Crippen LogP contribution in [0.3, 0.4) is 0 Å². The lowest BCUT2D eigenvalue weighted by Crippen LogP contribution is -2.31. The minimum absolute atomic E-state index is 0.144. The van der Waals surface area contributed by atoms with E-state index in [1.165, 1.54) is 0 Å². The quantitative estimate of drug-likeness (QED) is 0.761. The van der Waals surface area contributed by atoms with E-state index in [2.05, 4.69) is 20.2 Å². The number of anilines is 1. The molecule has 0 radical (unpaired) electrons. The van der Waals surface area contributed by atoms with E-state index in [1.54, 1.807) is 13.8 Å². The monoisotopic (exact) mass is 292 g/mol. The van der Waals surface area contributed by atoms with Gasteiger partial charge in [-0.15, -0.1) is 10.2 Å². The minimum Gasteiger partial charge on any atom is -0.301 e. The van der Waals surface area contributed by atoms with Crippen LogP contribution >= 0.6 is 11.3 Å². The lowest BCUT2D eigenvalue weighted by molar-refractivity contribution is -0.115. The molecule has 0 aliphatic heterocycles. The van der Waals surface area contributed by atoms with Gasteiger partial charge >= 0.3 is 0 Å². The first-order chi connectivity index (χ1) is 8.39. The average Bonchev–Trinajstić information content (AvgIpc) is 2.77. The number of amides is 1. The number of carbonyl (C=O) groups is 1. The number of aromatic nitrogens is 2. The minimum atomic E-state index is -3.65. The van der Waals surface area contributed by atoms with Crippen LogP contribution in [-0.4, -0.2) is 30.6 Å². The molecule has 1 heterocycles. The van der Waals surface area contributed by atoms with Crippen molar-refractivity contribution in [2.75, 3.05) is 5.32 Å². The Balaban J connectivity index is 2.81. The van der Waals surface area contributed by atoms with E-state index in [0.717, 1.165) is 11.3 Å². The van der Waals surface area contributed by atoms with Crippen LogP contribution in [0.25, 0.3) is 0 Å². The Bertz CT molecular complexity index is 512. The molecule has 0 fully saturated rings. The Morgan fingerprint density at radius 1 is 1.39 bits per heavy atom. The lowest BCUT2D eigenvalue weighted by Gasteiger charge is -2.08. The summed E-state index contributed by atoms with van der Waals surface area (Å²) in [4.78, 5) is 11.1. The van der Waals surface area contributed by atoms with Crippen LogP contribution < -0.4 is 10.0 Å². The Labute approximate surface area is 110 Å². The van der Waals surface area contributed by atoms with Crippen molar-refractivity contribution in [1.82, 2.24) is 14.9 Å². The van der Waals surface area contributed by atoms with E-state index in [4.69, 9.17) is 0 Å². The van der Waals surface area contributed by atoms with Gasteiger partial charge in [0.2, 0.25) is 15.4 Å². The zero-order chi connectivity index (χ0) is 13.8. The zero-order valence-electron chi connectivity index (χ0n) is 10.4. The lowest BCUT2D eigenvalue weighted by atomic mass is 10.3. The summed E-state index contributed by atoms with van der Waals surface area (Å²) in [7, 11) is -3.65. The summed E-state index contributed by atoms with van der Waals surface area (Å²) < 4.78 is 26.0. The number of nitrogens with zero attached hydrogens (tertiary/aromatic N) is 2. The largest absolute Gasteiger partial charge is 0.301 e. The maximum Gasteiger partial charge on any atom is 0.270 e. The first kappa shape index (κ1) is 15.0. The molecule has 18 heavy (non-hydrogen) atoms. The van der Waals surface area contributed by atoms with Gasteiger partial charge in [-0.1, -0.05) is 25.2 Å². The summed E-state index contributed by atoms with van der Waals surface area (Å²) in [6.07, 6.45) is 0.976. The first-order valence-corrected chi connectivity index (χ1v) is 7.84. The van der Waals surface area contributed by atoms with Crippen molar-refractivity contribution in [2.45, 2.75) is 44.0 Å². The standard InChI is InChI=1S/C9H16N4O3S2/c1-4-6(3)13-18(15,16)9-12-11-8(17-9)10-7(14)5-2/h6,13H,4-5H2,1-3H3,(H,10,11,14)/t6-/m1/s1. The zero-order valence-corrected chi connectivity index (χ0v) is 12.1. The molecule has 0 saturated heterocycles. The second-order valence-corrected chi connectivity index (χ2v) is 6.57. The Morgan fingerprint density at radius 3 is 2.61 bits per heavy atom. The summed E-state index contributed by atoms with van der Waals surface area (Å²) >= 11 is 0.831. The van der Waals surface area contributed by atoms with Gasteiger partial charge in [0.05, 0.1) is 0 Å². The molecule has 1 aromatic rings. The number of hydrogen-bond acceptors (Lipinski definition) is 6. The molecule has 0 bridgehead atoms. The fourth-order valence-corrected chi connectivity index (χ4v) is 3.23. The van der Waals surface area contributed by atoms with E-state index in [9.17, 15) is 13.2 Å². The van der Waals surface area contributed by atoms with Gasteiger partial charge in [-0.2, -0.15) is 0 Å². The van der Waals surface area contributed by atoms with Crippen LogP contribution in [0, 0.1) is 0 Å². The second kappa shape index (κ2) is 6.21. The molecule has 102 valence electrons. The third kappa shape index (κ3) is 4.00. The normalized spacial score (nSPS) is 13.3. The highest BCUT2D eigenvalue weighted by Crippen LogP contribution is 2.20. The molecular formula is C9H16N4O3S2. The van der Waals surface area contributed by atoms with E-state index in [1.807, 2.05) is 6.92 Å². The third-order valence-electron chi connectivity index (χ3n) is 2.17. The van der Waals surface area contributed by atoms with Gasteiger partial charge in [0.15, 0.2) is 0 Å². The fourth-order valence-electron chi connectivity index (χ4n) is 0.975. The number of nitrogens with one attached hydrogen (secondary N) is 2. The van der Waals surface area contributed by atoms with Crippen molar-refractivity contribution in [3.8, 4) is 0 Å². The van der Waals surface area contributed by atoms with E-state index >= 15 is 0 Å². The molecule has 0 aliphatic carbocycles. The SMILES string of the molecule is CCC(=O)Nc1nnc(S(=O)(=O)N[C@H](C)CC)s1. The van der Waals surface area contributed by atoms with Crippen LogP contribution in [-0.2, 0) is 14.8 Å². The maximum atomic E-state index is 11.9. The molecule has 0 aliphatic rings. The fraction of sp³-hybridized carbons (Fsp3) is 0.667. The highest BCUT2D eigenvalue weighted by atomic mass is 32.2. The van der Waals surface area contributed by atoms with Crippen molar-refractivity contribution in [3.63, 3.8) is 0 Å². The molecule has 1 amide bonds.